The molecule has 0 bridgehead atoms. The first-order chi connectivity index (χ1) is 9.01. The van der Waals surface area contributed by atoms with E-state index in [4.69, 9.17) is 4.74 Å². The van der Waals surface area contributed by atoms with Crippen molar-refractivity contribution in [2.45, 2.75) is 18.2 Å². The highest BCUT2D eigenvalue weighted by molar-refractivity contribution is 7.99. The predicted octanol–water partition coefficient (Wildman–Crippen LogP) is 2.13. The lowest BCUT2D eigenvalue weighted by molar-refractivity contribution is -0.384. The number of nitrogens with zero attached hydrogens (tertiary/aromatic N) is 1. The lowest BCUT2D eigenvalue weighted by atomic mass is 10.2. The average Bonchev–Trinajstić information content (AvgIpc) is 2.39. The third-order valence-electron chi connectivity index (χ3n) is 2.77. The van der Waals surface area contributed by atoms with Gasteiger partial charge in [-0.3, -0.25) is 10.1 Å². The first kappa shape index (κ1) is 15.6. The molecule has 0 spiro atoms. The average molecular weight is 286 g/mol. The van der Waals surface area contributed by atoms with Gasteiger partial charge in [-0.05, 0) is 13.2 Å². The fraction of sp³-hybridized carbons (Fsp3) is 0.500. The van der Waals surface area contributed by atoms with E-state index in [1.807, 2.05) is 13.2 Å². The molecule has 0 saturated heterocycles. The van der Waals surface area contributed by atoms with E-state index < -0.39 is 4.92 Å². The molecule has 0 saturated carbocycles. The molecular weight excluding hydrogens is 268 g/mol. The van der Waals surface area contributed by atoms with Gasteiger partial charge in [0.1, 0.15) is 5.75 Å². The van der Waals surface area contributed by atoms with Crippen LogP contribution >= 0.6 is 11.8 Å². The molecule has 2 atom stereocenters. The molecule has 1 aromatic carbocycles. The van der Waals surface area contributed by atoms with E-state index in [2.05, 4.69) is 5.32 Å². The van der Waals surface area contributed by atoms with Crippen LogP contribution in [0.15, 0.2) is 18.2 Å². The number of rotatable bonds is 7. The van der Waals surface area contributed by atoms with Gasteiger partial charge in [-0.25, -0.2) is 0 Å². The number of benzene rings is 1. The molecule has 2 N–H and O–H groups in total. The molecule has 0 radical (unpaired) electrons. The summed E-state index contributed by atoms with van der Waals surface area (Å²) in [5, 5.41) is 23.2. The maximum Gasteiger partial charge on any atom is 0.275 e. The van der Waals surface area contributed by atoms with Gasteiger partial charge in [-0.15, -0.1) is 0 Å². The van der Waals surface area contributed by atoms with E-state index in [-0.39, 0.29) is 23.6 Å². The van der Waals surface area contributed by atoms with Gasteiger partial charge in [0.15, 0.2) is 0 Å². The fourth-order valence-corrected chi connectivity index (χ4v) is 2.31. The maximum atomic E-state index is 10.8. The van der Waals surface area contributed by atoms with E-state index in [0.29, 0.717) is 11.4 Å². The minimum Gasteiger partial charge on any atom is -0.496 e. The van der Waals surface area contributed by atoms with Crippen molar-refractivity contribution in [1.29, 1.82) is 0 Å². The number of hydrogen-bond donors (Lipinski definition) is 2. The molecular formula is C12H18N2O4S. The molecule has 0 aliphatic rings. The van der Waals surface area contributed by atoms with Crippen LogP contribution in [0.3, 0.4) is 0 Å². The summed E-state index contributed by atoms with van der Waals surface area (Å²) in [4.78, 5) is 10.4. The molecule has 19 heavy (non-hydrogen) atoms. The molecule has 0 heterocycles. The largest absolute Gasteiger partial charge is 0.496 e. The number of aliphatic hydroxyl groups excluding tert-OH is 1. The Morgan fingerprint density at radius 3 is 2.68 bits per heavy atom. The SMILES string of the molecule is COc1cc(NC(C)C(CO)SC)cc([N+](=O)[O-])c1. The highest BCUT2D eigenvalue weighted by Gasteiger charge is 2.17. The quantitative estimate of drug-likeness (QED) is 0.590. The summed E-state index contributed by atoms with van der Waals surface area (Å²) in [5.74, 6) is 0.425. The van der Waals surface area contributed by atoms with Crippen LogP contribution < -0.4 is 10.1 Å². The van der Waals surface area contributed by atoms with E-state index >= 15 is 0 Å². The van der Waals surface area contributed by atoms with Crippen LogP contribution in [0.1, 0.15) is 6.92 Å². The van der Waals surface area contributed by atoms with E-state index in [0.717, 1.165) is 0 Å². The number of ether oxygens (including phenoxy) is 1. The topological polar surface area (TPSA) is 84.6 Å². The molecule has 0 aliphatic heterocycles. The summed E-state index contributed by atoms with van der Waals surface area (Å²) < 4.78 is 5.04. The van der Waals surface area contributed by atoms with E-state index in [9.17, 15) is 15.2 Å². The summed E-state index contributed by atoms with van der Waals surface area (Å²) in [5.41, 5.74) is 0.574. The number of non-ortho nitro benzene ring substituents is 1. The molecule has 0 fully saturated rings. The Bertz CT molecular complexity index is 438. The lowest BCUT2D eigenvalue weighted by Crippen LogP contribution is -2.30. The molecule has 2 unspecified atom stereocenters. The van der Waals surface area contributed by atoms with Gasteiger partial charge in [0.25, 0.3) is 5.69 Å². The Labute approximate surface area is 116 Å². The highest BCUT2D eigenvalue weighted by Crippen LogP contribution is 2.27. The predicted molar refractivity (Wildman–Crippen MR) is 77.1 cm³/mol. The number of thioether (sulfide) groups is 1. The molecule has 0 aliphatic carbocycles. The second-order valence-electron chi connectivity index (χ2n) is 4.07. The Kier molecular flexibility index (Phi) is 5.91. The van der Waals surface area contributed by atoms with Crippen molar-refractivity contribution in [1.82, 2.24) is 0 Å². The van der Waals surface area contributed by atoms with Crippen molar-refractivity contribution in [2.24, 2.45) is 0 Å². The second-order valence-corrected chi connectivity index (χ2v) is 5.14. The standard InChI is InChI=1S/C12H18N2O4S/c1-8(12(7-15)19-3)13-9-4-10(14(16)17)6-11(5-9)18-2/h4-6,8,12-13,15H,7H2,1-3H3. The van der Waals surface area contributed by atoms with Gasteiger partial charge >= 0.3 is 0 Å². The van der Waals surface area contributed by atoms with Crippen LogP contribution in [-0.2, 0) is 0 Å². The Balaban J connectivity index is 2.93. The molecule has 0 amide bonds. The monoisotopic (exact) mass is 286 g/mol. The Morgan fingerprint density at radius 1 is 1.53 bits per heavy atom. The maximum absolute atomic E-state index is 10.8. The van der Waals surface area contributed by atoms with Crippen LogP contribution in [0, 0.1) is 10.1 Å². The minimum atomic E-state index is -0.462. The van der Waals surface area contributed by atoms with Crippen LogP contribution in [0.2, 0.25) is 0 Å². The van der Waals surface area contributed by atoms with Gasteiger partial charge < -0.3 is 15.2 Å². The van der Waals surface area contributed by atoms with Gasteiger partial charge in [0.2, 0.25) is 0 Å². The third kappa shape index (κ3) is 4.29. The van der Waals surface area contributed by atoms with Gasteiger partial charge in [-0.2, -0.15) is 11.8 Å². The van der Waals surface area contributed by atoms with Crippen molar-refractivity contribution < 1.29 is 14.8 Å². The van der Waals surface area contributed by atoms with Crippen LogP contribution in [0.5, 0.6) is 5.75 Å². The highest BCUT2D eigenvalue weighted by atomic mass is 32.2. The van der Waals surface area contributed by atoms with E-state index in [1.54, 1.807) is 17.8 Å². The van der Waals surface area contributed by atoms with Gasteiger partial charge in [0, 0.05) is 29.1 Å². The van der Waals surface area contributed by atoms with Crippen molar-refractivity contribution in [2.75, 3.05) is 25.3 Å². The first-order valence-electron chi connectivity index (χ1n) is 5.75. The van der Waals surface area contributed by atoms with Crippen LogP contribution in [-0.4, -0.2) is 41.3 Å². The first-order valence-corrected chi connectivity index (χ1v) is 7.04. The minimum absolute atomic E-state index is 0.0188. The van der Waals surface area contributed by atoms with Crippen molar-refractivity contribution in [3.05, 3.63) is 28.3 Å². The van der Waals surface area contributed by atoms with Gasteiger partial charge in [0.05, 0.1) is 24.7 Å². The number of anilines is 1. The second kappa shape index (κ2) is 7.20. The van der Waals surface area contributed by atoms with Crippen molar-refractivity contribution in [3.63, 3.8) is 0 Å². The third-order valence-corrected chi connectivity index (χ3v) is 3.94. The number of methoxy groups -OCH3 is 1. The van der Waals surface area contributed by atoms with E-state index in [1.165, 1.54) is 19.2 Å². The summed E-state index contributed by atoms with van der Waals surface area (Å²) in [6.45, 7) is 1.96. The number of hydrogen-bond acceptors (Lipinski definition) is 6. The molecule has 0 aromatic heterocycles. The summed E-state index contributed by atoms with van der Waals surface area (Å²) in [6.07, 6.45) is 1.91. The van der Waals surface area contributed by atoms with Crippen molar-refractivity contribution in [3.8, 4) is 5.75 Å². The van der Waals surface area contributed by atoms with Crippen molar-refractivity contribution >= 4 is 23.1 Å². The van der Waals surface area contributed by atoms with Crippen LogP contribution in [0.25, 0.3) is 0 Å². The molecule has 106 valence electrons. The Hall–Kier alpha value is -1.47. The molecule has 6 nitrogen and oxygen atoms in total. The number of nitro benzene ring substituents is 1. The normalized spacial score (nSPS) is 13.7. The molecule has 1 rings (SSSR count). The zero-order valence-corrected chi connectivity index (χ0v) is 11.9. The number of nitro groups is 1. The summed E-state index contributed by atoms with van der Waals surface area (Å²) in [7, 11) is 1.46. The van der Waals surface area contributed by atoms with Gasteiger partial charge in [-0.1, -0.05) is 0 Å². The molecule has 1 aromatic rings. The summed E-state index contributed by atoms with van der Waals surface area (Å²) in [6, 6.07) is 4.49. The Morgan fingerprint density at radius 2 is 2.21 bits per heavy atom. The zero-order valence-electron chi connectivity index (χ0n) is 11.1. The smallest absolute Gasteiger partial charge is 0.275 e. The zero-order chi connectivity index (χ0) is 14.4. The number of nitrogens with one attached hydrogen (secondary N) is 1. The lowest BCUT2D eigenvalue weighted by Gasteiger charge is -2.22. The van der Waals surface area contributed by atoms with Crippen LogP contribution in [0.4, 0.5) is 11.4 Å². The molecule has 7 heteroatoms. The fourth-order valence-electron chi connectivity index (χ4n) is 1.68. The number of aliphatic hydroxyl groups is 1. The summed E-state index contributed by atoms with van der Waals surface area (Å²) >= 11 is 1.54.